The van der Waals surface area contributed by atoms with E-state index < -0.39 is 0 Å². The maximum atomic E-state index is 8.26. The molecule has 0 aromatic heterocycles. The van der Waals surface area contributed by atoms with Crippen molar-refractivity contribution in [3.8, 4) is 0 Å². The predicted octanol–water partition coefficient (Wildman–Crippen LogP) is -0.245. The number of hydrogen-bond acceptors (Lipinski definition) is 2. The largest absolute Gasteiger partial charge is 0 e. The van der Waals surface area contributed by atoms with E-state index in [1.165, 1.54) is 0 Å². The summed E-state index contributed by atoms with van der Waals surface area (Å²) >= 11 is 3.64. The Labute approximate surface area is 61.2 Å². The van der Waals surface area contributed by atoms with E-state index in [-0.39, 0.29) is 18.6 Å². The number of hydrogen-bond donors (Lipinski definition) is 0. The smallest absolute Gasteiger partial charge is 0 e. The molecule has 0 aromatic carbocycles. The second kappa shape index (κ2) is 53.7. The van der Waals surface area contributed by atoms with Crippen LogP contribution in [0, 0.1) is 0 Å². The van der Waals surface area contributed by atoms with E-state index in [1.807, 2.05) is 0 Å². The Bertz CT molecular complexity index is 11.6. The molecule has 0 fully saturated rings. The van der Waals surface area contributed by atoms with Crippen molar-refractivity contribution in [2.24, 2.45) is 0 Å². The molecule has 0 saturated heterocycles. The first-order chi connectivity index (χ1) is 2.00. The Hall–Kier alpha value is 1.39. The normalized spacial score (nSPS) is 2.00. The molecule has 5 heavy (non-hydrogen) atoms. The molecule has 0 aliphatic rings. The fraction of sp³-hybridized carbons (Fsp3) is 0. The molecule has 0 rings (SSSR count). The monoisotopic (exact) mass is 244 g/mol. The first kappa shape index (κ1) is 16.2. The van der Waals surface area contributed by atoms with Gasteiger partial charge in [0.2, 0.25) is 0 Å². The zero-order valence-electron chi connectivity index (χ0n) is 1.97. The fourth-order valence-corrected chi connectivity index (χ4v) is 0. The van der Waals surface area contributed by atoms with Crippen molar-refractivity contribution in [1.29, 1.82) is 0 Å². The molecule has 0 unspecified atom stereocenters. The van der Waals surface area contributed by atoms with Crippen molar-refractivity contribution in [2.75, 3.05) is 0 Å². The minimum Gasteiger partial charge on any atom is 0 e. The molecule has 0 amide bonds. The standard InChI is InChI=1S/Cu.Mo.2O.V. The average Bonchev–Trinajstić information content (AvgIpc) is 1.50. The number of rotatable bonds is 0. The van der Waals surface area contributed by atoms with Crippen LogP contribution >= 0.6 is 0 Å². The van der Waals surface area contributed by atoms with E-state index in [2.05, 4.69) is 15.9 Å². The van der Waals surface area contributed by atoms with Gasteiger partial charge in [0.05, 0.1) is 0 Å². The van der Waals surface area contributed by atoms with Crippen molar-refractivity contribution in [1.82, 2.24) is 0 Å². The van der Waals surface area contributed by atoms with Gasteiger partial charge in [0.1, 0.15) is 0 Å². The van der Waals surface area contributed by atoms with Crippen LogP contribution in [-0.2, 0) is 61.5 Å². The van der Waals surface area contributed by atoms with E-state index in [9.17, 15) is 0 Å². The minimum atomic E-state index is 0. The average molecular weight is 242 g/mol. The van der Waals surface area contributed by atoms with Gasteiger partial charge in [0.25, 0.3) is 0 Å². The van der Waals surface area contributed by atoms with Gasteiger partial charge in [-0.25, -0.2) is 0 Å². The van der Waals surface area contributed by atoms with Crippen molar-refractivity contribution < 1.29 is 61.5 Å². The zero-order chi connectivity index (χ0) is 4.00. The van der Waals surface area contributed by atoms with Gasteiger partial charge in [-0.3, -0.25) is 0 Å². The third-order valence-corrected chi connectivity index (χ3v) is 0. The van der Waals surface area contributed by atoms with Crippen LogP contribution in [-0.4, -0.2) is 0 Å². The first-order valence-electron chi connectivity index (χ1n) is 0.290. The Morgan fingerprint density at radius 1 is 1.20 bits per heavy atom. The van der Waals surface area contributed by atoms with Gasteiger partial charge in [-0.1, -0.05) is 0 Å². The molecule has 0 aliphatic carbocycles. The van der Waals surface area contributed by atoms with Crippen molar-refractivity contribution in [3.05, 3.63) is 0 Å². The summed E-state index contributed by atoms with van der Waals surface area (Å²) in [4.78, 5) is 0. The van der Waals surface area contributed by atoms with Gasteiger partial charge in [-0.15, -0.1) is 0 Å². The molecule has 0 saturated carbocycles. The molecule has 5 heteroatoms. The molecule has 0 spiro atoms. The zero-order valence-corrected chi connectivity index (χ0v) is 6.32. The van der Waals surface area contributed by atoms with E-state index in [1.54, 1.807) is 0 Å². The molecule has 0 N–H and O–H groups in total. The molecular weight excluding hydrogens is 242 g/mol. The Morgan fingerprint density at radius 2 is 1.20 bits per heavy atom. The van der Waals surface area contributed by atoms with Gasteiger partial charge in [-0.05, 0) is 0 Å². The molecule has 2 nitrogen and oxygen atoms in total. The Morgan fingerprint density at radius 3 is 1.20 bits per heavy atom. The molecule has 0 bridgehead atoms. The van der Waals surface area contributed by atoms with Crippen molar-refractivity contribution in [2.45, 2.75) is 0 Å². The molecule has 0 aromatic rings. The van der Waals surface area contributed by atoms with E-state index >= 15 is 0 Å². The van der Waals surface area contributed by atoms with Crippen LogP contribution in [0.15, 0.2) is 0 Å². The second-order valence-electron chi connectivity index (χ2n) is 0. The summed E-state index contributed by atoms with van der Waals surface area (Å²) < 4.78 is 16.1. The predicted molar refractivity (Wildman–Crippen MR) is 1.37 cm³/mol. The van der Waals surface area contributed by atoms with Crippen LogP contribution in [0.25, 0.3) is 0 Å². The summed E-state index contributed by atoms with van der Waals surface area (Å²) in [6, 6.07) is 0. The fourth-order valence-electron chi connectivity index (χ4n) is 0. The third-order valence-electron chi connectivity index (χ3n) is 0. The van der Waals surface area contributed by atoms with Crippen LogP contribution in [0.5, 0.6) is 0 Å². The topological polar surface area (TPSA) is 34.1 Å². The first-order valence-corrected chi connectivity index (χ1v) is 1.49. The van der Waals surface area contributed by atoms with E-state index in [4.69, 9.17) is 7.23 Å². The van der Waals surface area contributed by atoms with Gasteiger partial charge in [0, 0.05) is 18.6 Å². The van der Waals surface area contributed by atoms with Crippen LogP contribution in [0.2, 0.25) is 0 Å². The SMILES string of the molecule is [O]=[Cu].[O]=[Mo].[V]. The van der Waals surface area contributed by atoms with Crippen molar-refractivity contribution >= 4 is 0 Å². The Kier molecular flexibility index (Phi) is 173. The summed E-state index contributed by atoms with van der Waals surface area (Å²) in [6.45, 7) is 0. The van der Waals surface area contributed by atoms with Crippen LogP contribution in [0.1, 0.15) is 0 Å². The molecule has 34 valence electrons. The third kappa shape index (κ3) is 32.0. The van der Waals surface area contributed by atoms with Gasteiger partial charge >= 0.3 is 43.0 Å². The molecule has 0 atom stereocenters. The Balaban J connectivity index is -0.0000000133. The second-order valence-corrected chi connectivity index (χ2v) is 0. The maximum absolute atomic E-state index is 8.26. The summed E-state index contributed by atoms with van der Waals surface area (Å²) in [5.41, 5.74) is 0. The summed E-state index contributed by atoms with van der Waals surface area (Å²) in [6.07, 6.45) is 0. The van der Waals surface area contributed by atoms with Gasteiger partial charge < -0.3 is 0 Å². The minimum absolute atomic E-state index is 0. The van der Waals surface area contributed by atoms with Crippen LogP contribution in [0.3, 0.4) is 0 Å². The summed E-state index contributed by atoms with van der Waals surface area (Å²) in [5, 5.41) is 0. The van der Waals surface area contributed by atoms with Crippen molar-refractivity contribution in [3.63, 3.8) is 0 Å². The van der Waals surface area contributed by atoms with Gasteiger partial charge in [0.15, 0.2) is 0 Å². The van der Waals surface area contributed by atoms with E-state index in [0.29, 0.717) is 19.8 Å². The molecule has 0 heterocycles. The quantitative estimate of drug-likeness (QED) is 0.549. The maximum Gasteiger partial charge on any atom is 0 e. The molecular formula is CuMoO2V. The summed E-state index contributed by atoms with van der Waals surface area (Å²) in [5.74, 6) is 0. The molecule has 0 aliphatic heterocycles. The van der Waals surface area contributed by atoms with Crippen LogP contribution in [0.4, 0.5) is 0 Å². The summed E-state index contributed by atoms with van der Waals surface area (Å²) in [7, 11) is 0. The van der Waals surface area contributed by atoms with Gasteiger partial charge in [-0.2, -0.15) is 0 Å². The van der Waals surface area contributed by atoms with E-state index in [0.717, 1.165) is 0 Å². The van der Waals surface area contributed by atoms with Crippen LogP contribution < -0.4 is 0 Å². The molecule has 1 radical (unpaired) electrons.